The molecule has 56 heavy (non-hydrogen) atoms. The second-order valence-electron chi connectivity index (χ2n) is 11.9. The van der Waals surface area contributed by atoms with Gasteiger partial charge in [-0.05, 0) is 42.3 Å². The van der Waals surface area contributed by atoms with Gasteiger partial charge >= 0.3 is 6.16 Å². The van der Waals surface area contributed by atoms with E-state index in [2.05, 4.69) is 19.9 Å². The van der Waals surface area contributed by atoms with Crippen LogP contribution in [-0.4, -0.2) is 59.1 Å². The quantitative estimate of drug-likeness (QED) is 0.124. The molecule has 3 N–H and O–H groups in total. The van der Waals surface area contributed by atoms with Gasteiger partial charge in [0.25, 0.3) is 22.9 Å². The van der Waals surface area contributed by atoms with Gasteiger partial charge in [-0.3, -0.25) is 38.2 Å². The average molecular weight is 767 g/mol. The van der Waals surface area contributed by atoms with Crippen LogP contribution in [0.3, 0.4) is 0 Å². The van der Waals surface area contributed by atoms with Gasteiger partial charge in [0, 0.05) is 24.8 Å². The van der Waals surface area contributed by atoms with Crippen LogP contribution in [0.15, 0.2) is 92.5 Å². The highest BCUT2D eigenvalue weighted by Gasteiger charge is 2.43. The van der Waals surface area contributed by atoms with E-state index < -0.39 is 68.1 Å². The van der Waals surface area contributed by atoms with Crippen LogP contribution in [0.5, 0.6) is 11.5 Å². The van der Waals surface area contributed by atoms with Gasteiger partial charge in [0.2, 0.25) is 10.9 Å². The molecule has 0 aliphatic carbocycles. The standard InChI is InChI=1S/C20H14FN3O6.C17H10FN3O4.CH4/c1-2-29-20(28)30-17-13-12(16(25)14-15(17)23-8-7-22-14)18(26)24(19(13)27)9-10-3-5-11(21)6-4-10;18-9-3-1-8(2-4-9)7-21-16(24)10-11(17(21)25)15(23)13-12(14(10)22)19-5-6-20-13;/h3-8,25H,2,9H2,1H3;1-6,19-20H,7H2;1H4. The van der Waals surface area contributed by atoms with E-state index in [0.717, 1.165) is 9.47 Å². The first-order valence-corrected chi connectivity index (χ1v) is 16.2. The lowest BCUT2D eigenvalue weighted by Crippen LogP contribution is -2.29. The molecule has 7 aromatic rings. The van der Waals surface area contributed by atoms with E-state index >= 15 is 0 Å². The molecular weight excluding hydrogens is 738 g/mol. The van der Waals surface area contributed by atoms with Gasteiger partial charge in [0.1, 0.15) is 55.6 Å². The number of phenolic OH excluding ortho intramolecular Hbond substituents is 1. The number of H-pyrrole nitrogens is 2. The van der Waals surface area contributed by atoms with Gasteiger partial charge in [-0.25, -0.2) is 23.5 Å². The fraction of sp³-hybridized carbons (Fsp3) is 0.132. The van der Waals surface area contributed by atoms with Gasteiger partial charge in [-0.2, -0.15) is 0 Å². The zero-order chi connectivity index (χ0) is 39.1. The van der Waals surface area contributed by atoms with Crippen molar-refractivity contribution in [2.45, 2.75) is 27.4 Å². The third-order valence-electron chi connectivity index (χ3n) is 8.59. The van der Waals surface area contributed by atoms with Crippen LogP contribution in [0.4, 0.5) is 13.6 Å². The molecule has 1 aliphatic heterocycles. The number of carbonyl (C=O) groups is 3. The molecule has 3 aromatic heterocycles. The minimum absolute atomic E-state index is 0. The highest BCUT2D eigenvalue weighted by molar-refractivity contribution is 6.26. The Hall–Kier alpha value is -7.63. The number of rotatable bonds is 6. The average Bonchev–Trinajstić information content (AvgIpc) is 3.58. The molecule has 4 heterocycles. The first-order valence-electron chi connectivity index (χ1n) is 16.2. The summed E-state index contributed by atoms with van der Waals surface area (Å²) >= 11 is 0. The smallest absolute Gasteiger partial charge is 0.505 e. The fourth-order valence-electron chi connectivity index (χ4n) is 6.08. The Morgan fingerprint density at radius 2 is 1.21 bits per heavy atom. The zero-order valence-corrected chi connectivity index (χ0v) is 28.2. The van der Waals surface area contributed by atoms with Crippen LogP contribution in [0.1, 0.15) is 46.2 Å². The number of phenols is 1. The molecule has 2 amide bonds. The predicted octanol–water partition coefficient (Wildman–Crippen LogP) is 3.96. The van der Waals surface area contributed by atoms with Gasteiger partial charge in [0.05, 0.1) is 19.7 Å². The molecule has 18 heteroatoms. The van der Waals surface area contributed by atoms with Crippen molar-refractivity contribution in [1.29, 1.82) is 0 Å². The summed E-state index contributed by atoms with van der Waals surface area (Å²) in [6.07, 6.45) is 4.28. The Morgan fingerprint density at radius 1 is 0.732 bits per heavy atom. The molecular formula is C38H28F2N6O10. The molecule has 0 bridgehead atoms. The Labute approximate surface area is 311 Å². The van der Waals surface area contributed by atoms with Gasteiger partial charge in [-0.15, -0.1) is 0 Å². The van der Waals surface area contributed by atoms with Crippen molar-refractivity contribution < 1.29 is 37.7 Å². The Balaban J connectivity index is 0.000000189. The number of hydrogen-bond donors (Lipinski definition) is 3. The maximum absolute atomic E-state index is 13.2. The Morgan fingerprint density at radius 3 is 1.73 bits per heavy atom. The summed E-state index contributed by atoms with van der Waals surface area (Å²) in [5.41, 5.74) is -3.06. The largest absolute Gasteiger partial charge is 0.513 e. The van der Waals surface area contributed by atoms with Crippen molar-refractivity contribution in [2.24, 2.45) is 0 Å². The van der Waals surface area contributed by atoms with E-state index in [1.807, 2.05) is 0 Å². The lowest BCUT2D eigenvalue weighted by Gasteiger charge is -2.14. The molecule has 1 aliphatic rings. The second-order valence-corrected chi connectivity index (χ2v) is 11.9. The van der Waals surface area contributed by atoms with Gasteiger partial charge in [0.15, 0.2) is 11.5 Å². The molecule has 0 saturated carbocycles. The van der Waals surface area contributed by atoms with Crippen molar-refractivity contribution in [3.8, 4) is 11.5 Å². The number of carbonyl (C=O) groups excluding carboxylic acids is 3. The van der Waals surface area contributed by atoms with Crippen LogP contribution in [0.25, 0.3) is 32.8 Å². The molecule has 0 radical (unpaired) electrons. The SMILES string of the molecule is C.CCOC(=O)Oc1c2c(c(O)c3nccnc13)C(=O)N(Cc1ccc(F)cc1)C2=O.O=c1c2[nH]cc[nH]c2c(=O)c2c(=O)n(Cc3ccc(F)cc3)c(=O)c12. The summed E-state index contributed by atoms with van der Waals surface area (Å²) in [5, 5.41) is 9.76. The van der Waals surface area contributed by atoms with Crippen LogP contribution in [0.2, 0.25) is 0 Å². The summed E-state index contributed by atoms with van der Waals surface area (Å²) in [7, 11) is 0. The minimum Gasteiger partial charge on any atom is -0.505 e. The number of aromatic nitrogens is 5. The highest BCUT2D eigenvalue weighted by Crippen LogP contribution is 2.43. The molecule has 0 unspecified atom stereocenters. The van der Waals surface area contributed by atoms with E-state index in [4.69, 9.17) is 9.47 Å². The lowest BCUT2D eigenvalue weighted by atomic mass is 10.0. The maximum atomic E-state index is 13.2. The first-order chi connectivity index (χ1) is 26.4. The molecule has 16 nitrogen and oxygen atoms in total. The number of benzene rings is 4. The van der Waals surface area contributed by atoms with E-state index in [-0.39, 0.29) is 66.1 Å². The summed E-state index contributed by atoms with van der Waals surface area (Å²) in [4.78, 5) is 102. The maximum Gasteiger partial charge on any atom is 0.513 e. The van der Waals surface area contributed by atoms with Gasteiger partial charge in [-0.1, -0.05) is 31.7 Å². The van der Waals surface area contributed by atoms with Crippen molar-refractivity contribution in [3.05, 3.63) is 148 Å². The lowest BCUT2D eigenvalue weighted by molar-refractivity contribution is 0.0640. The summed E-state index contributed by atoms with van der Waals surface area (Å²) in [6.45, 7) is 1.25. The second kappa shape index (κ2) is 15.0. The zero-order valence-electron chi connectivity index (χ0n) is 28.2. The fourth-order valence-corrected chi connectivity index (χ4v) is 6.08. The first kappa shape index (κ1) is 38.1. The van der Waals surface area contributed by atoms with E-state index in [1.54, 1.807) is 6.92 Å². The topological polar surface area (TPSA) is 224 Å². The minimum atomic E-state index is -1.10. The number of imide groups is 1. The Kier molecular flexibility index (Phi) is 10.2. The molecule has 0 atom stereocenters. The number of aromatic amines is 2. The number of hydrogen-bond acceptors (Lipinski definition) is 12. The number of nitrogens with one attached hydrogen (secondary N) is 2. The van der Waals surface area contributed by atoms with Crippen LogP contribution >= 0.6 is 0 Å². The number of fused-ring (bicyclic) bond motifs is 4. The van der Waals surface area contributed by atoms with Crippen LogP contribution in [0, 0.1) is 11.6 Å². The van der Waals surface area contributed by atoms with Crippen LogP contribution in [-0.2, 0) is 17.8 Å². The van der Waals surface area contributed by atoms with Crippen molar-refractivity contribution in [3.63, 3.8) is 0 Å². The molecule has 0 fully saturated rings. The summed E-state index contributed by atoms with van der Waals surface area (Å²) < 4.78 is 36.9. The number of halogens is 2. The normalized spacial score (nSPS) is 12.0. The van der Waals surface area contributed by atoms with Crippen molar-refractivity contribution >= 4 is 50.8 Å². The van der Waals surface area contributed by atoms with Gasteiger partial charge < -0.3 is 24.5 Å². The molecule has 0 spiro atoms. The number of aromatic hydroxyl groups is 1. The summed E-state index contributed by atoms with van der Waals surface area (Å²) in [5.74, 6) is -3.41. The number of nitrogens with zero attached hydrogens (tertiary/aromatic N) is 4. The van der Waals surface area contributed by atoms with Crippen LogP contribution < -0.4 is 26.7 Å². The number of ether oxygens (including phenoxy) is 2. The monoisotopic (exact) mass is 766 g/mol. The Bertz CT molecular complexity index is 2870. The van der Waals surface area contributed by atoms with Crippen molar-refractivity contribution in [2.75, 3.05) is 6.61 Å². The van der Waals surface area contributed by atoms with E-state index in [0.29, 0.717) is 11.1 Å². The van der Waals surface area contributed by atoms with Crippen molar-refractivity contribution in [1.82, 2.24) is 29.4 Å². The predicted molar refractivity (Wildman–Crippen MR) is 196 cm³/mol. The van der Waals surface area contributed by atoms with E-state index in [1.165, 1.54) is 73.3 Å². The molecule has 4 aromatic carbocycles. The molecule has 8 rings (SSSR count). The van der Waals surface area contributed by atoms with E-state index in [9.17, 15) is 47.4 Å². The molecule has 284 valence electrons. The molecule has 0 saturated heterocycles. The number of amides is 2. The third kappa shape index (κ3) is 6.48. The highest BCUT2D eigenvalue weighted by atomic mass is 19.1. The summed E-state index contributed by atoms with van der Waals surface area (Å²) in [6, 6.07) is 10.5. The third-order valence-corrected chi connectivity index (χ3v) is 8.59.